The highest BCUT2D eigenvalue weighted by Gasteiger charge is 2.51. The molecule has 9 rings (SSSR count). The predicted octanol–water partition coefficient (Wildman–Crippen LogP) is 4.42. The van der Waals surface area contributed by atoms with E-state index in [0.29, 0.717) is 115 Å². The Balaban J connectivity index is 0.000000570. The minimum absolute atomic E-state index is 0.134. The lowest BCUT2D eigenvalue weighted by Gasteiger charge is -2.54. The lowest BCUT2D eigenvalue weighted by atomic mass is 9.84. The van der Waals surface area contributed by atoms with Crippen LogP contribution in [0.25, 0.3) is 22.1 Å². The first-order valence-electron chi connectivity index (χ1n) is 25.0. The Labute approximate surface area is 424 Å². The third kappa shape index (κ3) is 11.7. The van der Waals surface area contributed by atoms with Crippen molar-refractivity contribution < 1.29 is 43.0 Å². The number of fused-ring (bicyclic) bond motifs is 4. The van der Waals surface area contributed by atoms with Crippen LogP contribution in [-0.4, -0.2) is 141 Å². The Morgan fingerprint density at radius 1 is 0.877 bits per heavy atom. The summed E-state index contributed by atoms with van der Waals surface area (Å²) < 4.78 is 23.4. The number of benzene rings is 2. The van der Waals surface area contributed by atoms with E-state index in [9.17, 15) is 24.0 Å². The topological polar surface area (TPSA) is 284 Å². The fourth-order valence-electron chi connectivity index (χ4n) is 10.7. The van der Waals surface area contributed by atoms with E-state index < -0.39 is 23.3 Å². The molecule has 22 heteroatoms. The van der Waals surface area contributed by atoms with Crippen LogP contribution in [0.15, 0.2) is 42.5 Å². The van der Waals surface area contributed by atoms with Crippen molar-refractivity contribution in [2.24, 2.45) is 28.2 Å². The van der Waals surface area contributed by atoms with Crippen LogP contribution in [0, 0.1) is 17.8 Å². The molecule has 5 aromatic rings. The standard InChI is InChI=1S/C40H51N13O8.C9H14O.C2H6/c1-5-53-29(15-24(2)48-53)37(57)47-39-46-27-16-25(35(41)55)18-30(58-4)33(27)52(39)11-7-6-10-51-34-28(45-38(51)44-3)17-26(36(42)56)19-31(34)59-13-8-9-49-21-40(22-49)23-50(12-14-60-40)32(54)20-61-43;1-8-2-4-9(6-8,7-10)5-3-8;1-2/h6-7,15-19H,5,8-14,20-23,43H2,1-4H3,(H2,41,55)(H2,42,56)(H,44,45)(H,46,47,57);7H,2-6H2,1H3;1-2H3/b7-6+;;. The van der Waals surface area contributed by atoms with Gasteiger partial charge < -0.3 is 49.8 Å². The number of anilines is 2. The number of nitrogens with one attached hydrogen (secondary N) is 2. The number of hydrogen-bond acceptors (Lipinski definition) is 15. The van der Waals surface area contributed by atoms with E-state index in [4.69, 9.17) is 36.6 Å². The lowest BCUT2D eigenvalue weighted by Crippen LogP contribution is -2.70. The maximum absolute atomic E-state index is 13.6. The number of nitrogens with zero attached hydrogens (tertiary/aromatic N) is 8. The van der Waals surface area contributed by atoms with E-state index in [-0.39, 0.29) is 41.5 Å². The first-order chi connectivity index (χ1) is 35.0. The average Bonchev–Trinajstić information content (AvgIpc) is 4.20. The SMILES string of the molecule is CC.CC12CCC(C=O)(CC1)C2.CCn1nc(C)cc1C(=O)Nc1nc2cc(C(N)=O)cc(OC)c2n1C/C=C/Cn1c(NC)nc2cc(C(N)=O)cc(OCCCN3CC4(C3)CN(C(=O)CON)CCO4)c21. The summed E-state index contributed by atoms with van der Waals surface area (Å²) in [6.45, 7) is 14.8. The van der Waals surface area contributed by atoms with Gasteiger partial charge in [0.1, 0.15) is 46.7 Å². The van der Waals surface area contributed by atoms with Gasteiger partial charge in [-0.1, -0.05) is 32.9 Å². The number of carbonyl (C=O) groups excluding carboxylic acids is 5. The lowest BCUT2D eigenvalue weighted by molar-refractivity contribution is -0.190. The molecule has 2 aliphatic carbocycles. The van der Waals surface area contributed by atoms with E-state index in [2.05, 4.69) is 37.4 Å². The number of nitrogens with two attached hydrogens (primary N) is 3. The van der Waals surface area contributed by atoms with Gasteiger partial charge in [-0.15, -0.1) is 0 Å². The largest absolute Gasteiger partial charge is 0.494 e. The highest BCUT2D eigenvalue weighted by molar-refractivity contribution is 6.04. The van der Waals surface area contributed by atoms with E-state index in [1.165, 1.54) is 38.7 Å². The number of allylic oxidation sites excluding steroid dienone is 2. The Kier molecular flexibility index (Phi) is 16.9. The molecule has 394 valence electrons. The zero-order valence-electron chi connectivity index (χ0n) is 43.1. The second-order valence-corrected chi connectivity index (χ2v) is 19.4. The molecule has 4 fully saturated rings. The molecular formula is C51H71N13O9. The monoisotopic (exact) mass is 1010 g/mol. The molecule has 3 aromatic heterocycles. The van der Waals surface area contributed by atoms with E-state index in [0.717, 1.165) is 19.4 Å². The number of amides is 4. The van der Waals surface area contributed by atoms with Crippen molar-refractivity contribution in [3.8, 4) is 11.5 Å². The van der Waals surface area contributed by atoms with Gasteiger partial charge in [-0.3, -0.25) is 38.9 Å². The number of ether oxygens (including phenoxy) is 3. The summed E-state index contributed by atoms with van der Waals surface area (Å²) in [7, 11) is 3.23. The fourth-order valence-corrected chi connectivity index (χ4v) is 10.7. The molecule has 0 radical (unpaired) electrons. The molecule has 2 saturated carbocycles. The Hall–Kier alpha value is -6.88. The van der Waals surface area contributed by atoms with Crippen molar-refractivity contribution in [1.29, 1.82) is 0 Å². The molecule has 2 bridgehead atoms. The van der Waals surface area contributed by atoms with Crippen LogP contribution in [0.1, 0.15) is 103 Å². The van der Waals surface area contributed by atoms with Crippen LogP contribution in [0.4, 0.5) is 11.9 Å². The minimum Gasteiger partial charge on any atom is -0.494 e. The number of hydrogen-bond donors (Lipinski definition) is 5. The number of imidazole rings is 2. The molecule has 0 atom stereocenters. The first kappa shape index (κ1) is 53.9. The molecule has 2 aliphatic heterocycles. The first-order valence-corrected chi connectivity index (χ1v) is 25.0. The molecule has 2 aromatic carbocycles. The average molecular weight is 1010 g/mol. The van der Waals surface area contributed by atoms with Gasteiger partial charge in [0.15, 0.2) is 0 Å². The zero-order chi connectivity index (χ0) is 52.7. The normalized spacial score (nSPS) is 19.8. The number of carbonyl (C=O) groups is 5. The Morgan fingerprint density at radius 3 is 2.04 bits per heavy atom. The number of methoxy groups -OCH3 is 1. The number of primary amides is 2. The molecule has 73 heavy (non-hydrogen) atoms. The summed E-state index contributed by atoms with van der Waals surface area (Å²) in [6, 6.07) is 8.05. The van der Waals surface area contributed by atoms with Crippen molar-refractivity contribution in [3.05, 3.63) is 65.0 Å². The quantitative estimate of drug-likeness (QED) is 0.0331. The van der Waals surface area contributed by atoms with Gasteiger partial charge in [0, 0.05) is 69.4 Å². The van der Waals surface area contributed by atoms with Crippen LogP contribution in [-0.2, 0) is 38.8 Å². The molecule has 4 amide bonds. The number of aldehydes is 1. The van der Waals surface area contributed by atoms with Crippen LogP contribution in [0.3, 0.4) is 0 Å². The maximum Gasteiger partial charge on any atom is 0.276 e. The minimum atomic E-state index is -0.650. The molecule has 8 N–H and O–H groups in total. The highest BCUT2D eigenvalue weighted by Crippen LogP contribution is 2.60. The van der Waals surface area contributed by atoms with Gasteiger partial charge >= 0.3 is 0 Å². The van der Waals surface area contributed by atoms with Crippen molar-refractivity contribution in [3.63, 3.8) is 0 Å². The number of rotatable bonds is 19. The van der Waals surface area contributed by atoms with Crippen LogP contribution in [0.5, 0.6) is 11.5 Å². The summed E-state index contributed by atoms with van der Waals surface area (Å²) in [5, 5.41) is 10.5. The molecular weight excluding hydrogens is 939 g/mol. The van der Waals surface area contributed by atoms with Crippen molar-refractivity contribution in [2.75, 3.05) is 77.3 Å². The van der Waals surface area contributed by atoms with Gasteiger partial charge in [-0.25, -0.2) is 15.9 Å². The number of morpholine rings is 1. The summed E-state index contributed by atoms with van der Waals surface area (Å²) in [5.74, 6) is 4.82. The van der Waals surface area contributed by atoms with Crippen LogP contribution < -0.4 is 37.5 Å². The molecule has 1 spiro atoms. The Bertz CT molecular complexity index is 2850. The van der Waals surface area contributed by atoms with Gasteiger partial charge in [0.2, 0.25) is 23.7 Å². The number of likely N-dealkylation sites (tertiary alicyclic amines) is 1. The molecule has 5 heterocycles. The second kappa shape index (κ2) is 22.9. The van der Waals surface area contributed by atoms with Crippen LogP contribution >= 0.6 is 0 Å². The molecule has 22 nitrogen and oxygen atoms in total. The van der Waals surface area contributed by atoms with Crippen molar-refractivity contribution in [2.45, 2.75) is 98.4 Å². The second-order valence-electron chi connectivity index (χ2n) is 19.4. The van der Waals surface area contributed by atoms with Gasteiger partial charge in [0.05, 0.1) is 43.6 Å². The fraction of sp³-hybridized carbons (Fsp3) is 0.529. The summed E-state index contributed by atoms with van der Waals surface area (Å²) in [5.41, 5.74) is 15.3. The highest BCUT2D eigenvalue weighted by atomic mass is 16.6. The molecule has 0 unspecified atom stereocenters. The zero-order valence-corrected chi connectivity index (χ0v) is 43.1. The molecule has 2 saturated heterocycles. The summed E-state index contributed by atoms with van der Waals surface area (Å²) >= 11 is 0. The maximum atomic E-state index is 13.6. The number of aryl methyl sites for hydroxylation is 2. The Morgan fingerprint density at radius 2 is 1.49 bits per heavy atom. The predicted molar refractivity (Wildman–Crippen MR) is 275 cm³/mol. The third-order valence-corrected chi connectivity index (χ3v) is 14.2. The van der Waals surface area contributed by atoms with Gasteiger partial charge in [-0.05, 0) is 88.1 Å². The van der Waals surface area contributed by atoms with Gasteiger partial charge in [0.25, 0.3) is 11.8 Å². The van der Waals surface area contributed by atoms with Crippen LogP contribution in [0.2, 0.25) is 0 Å². The smallest absolute Gasteiger partial charge is 0.276 e. The van der Waals surface area contributed by atoms with E-state index in [1.807, 2.05) is 44.4 Å². The van der Waals surface area contributed by atoms with Crippen molar-refractivity contribution in [1.82, 2.24) is 38.7 Å². The molecule has 4 aliphatic rings. The van der Waals surface area contributed by atoms with Crippen molar-refractivity contribution >= 4 is 63.9 Å². The third-order valence-electron chi connectivity index (χ3n) is 14.2. The number of aromatic nitrogens is 6. The summed E-state index contributed by atoms with van der Waals surface area (Å²) in [4.78, 5) is 79.1. The van der Waals surface area contributed by atoms with Gasteiger partial charge in [-0.2, -0.15) is 5.10 Å². The summed E-state index contributed by atoms with van der Waals surface area (Å²) in [6.07, 6.45) is 11.8. The van der Waals surface area contributed by atoms with E-state index >= 15 is 0 Å². The van der Waals surface area contributed by atoms with E-state index in [1.54, 1.807) is 45.5 Å².